The Hall–Kier alpha value is -2.04. The third-order valence-electron chi connectivity index (χ3n) is 3.96. The van der Waals surface area contributed by atoms with E-state index in [-0.39, 0.29) is 17.8 Å². The van der Waals surface area contributed by atoms with Crippen LogP contribution in [0.15, 0.2) is 28.2 Å². The van der Waals surface area contributed by atoms with E-state index in [2.05, 4.69) is 0 Å². The number of carbonyl (C=O) groups is 2. The largest absolute Gasteiger partial charge is 0.462 e. The fourth-order valence-corrected chi connectivity index (χ4v) is 2.52. The number of carbonyl (C=O) groups excluding carboxylic acids is 2. The standard InChI is InChI=1S/C17H23NO4/c1-4-12(2)17(20)21-11-14-6-5-9-18(10-14)16(19)15-8-7-13(3)22-15/h4,7-8,14H,5-6,9-11H2,1-3H3/b12-4-/t14-/m0/s1. The number of allylic oxidation sites excluding steroid dienone is 1. The summed E-state index contributed by atoms with van der Waals surface area (Å²) >= 11 is 0. The monoisotopic (exact) mass is 305 g/mol. The van der Waals surface area contributed by atoms with Crippen LogP contribution in [0.4, 0.5) is 0 Å². The van der Waals surface area contributed by atoms with Gasteiger partial charge in [0.05, 0.1) is 6.61 Å². The fraction of sp³-hybridized carbons (Fsp3) is 0.529. The van der Waals surface area contributed by atoms with E-state index in [0.717, 1.165) is 25.1 Å². The van der Waals surface area contributed by atoms with Gasteiger partial charge in [-0.1, -0.05) is 6.08 Å². The van der Waals surface area contributed by atoms with E-state index >= 15 is 0 Å². The molecule has 0 radical (unpaired) electrons. The van der Waals surface area contributed by atoms with Crippen molar-refractivity contribution in [3.8, 4) is 0 Å². The lowest BCUT2D eigenvalue weighted by Gasteiger charge is -2.31. The molecular formula is C17H23NO4. The summed E-state index contributed by atoms with van der Waals surface area (Å²) in [5.74, 6) is 0.913. The molecule has 1 atom stereocenters. The Labute approximate surface area is 130 Å². The van der Waals surface area contributed by atoms with Crippen molar-refractivity contribution in [2.24, 2.45) is 5.92 Å². The summed E-state index contributed by atoms with van der Waals surface area (Å²) in [6.45, 7) is 7.03. The molecule has 1 aromatic rings. The minimum atomic E-state index is -0.285. The summed E-state index contributed by atoms with van der Waals surface area (Å²) < 4.78 is 10.7. The topological polar surface area (TPSA) is 59.8 Å². The van der Waals surface area contributed by atoms with Crippen LogP contribution in [0.2, 0.25) is 0 Å². The number of likely N-dealkylation sites (tertiary alicyclic amines) is 1. The summed E-state index contributed by atoms with van der Waals surface area (Å²) in [5, 5.41) is 0. The van der Waals surface area contributed by atoms with Gasteiger partial charge in [0.1, 0.15) is 5.76 Å². The van der Waals surface area contributed by atoms with Gasteiger partial charge >= 0.3 is 5.97 Å². The first-order valence-electron chi connectivity index (χ1n) is 7.67. The Bertz CT molecular complexity index is 573. The van der Waals surface area contributed by atoms with Crippen LogP contribution in [0.1, 0.15) is 43.0 Å². The fourth-order valence-electron chi connectivity index (χ4n) is 2.52. The zero-order valence-electron chi connectivity index (χ0n) is 13.4. The van der Waals surface area contributed by atoms with Crippen LogP contribution < -0.4 is 0 Å². The average Bonchev–Trinajstić information content (AvgIpc) is 2.97. The van der Waals surface area contributed by atoms with Gasteiger partial charge in [0.25, 0.3) is 5.91 Å². The lowest BCUT2D eigenvalue weighted by molar-refractivity contribution is -0.140. The highest BCUT2D eigenvalue weighted by molar-refractivity contribution is 5.91. The second-order valence-corrected chi connectivity index (χ2v) is 5.74. The van der Waals surface area contributed by atoms with E-state index in [4.69, 9.17) is 9.15 Å². The number of amides is 1. The Balaban J connectivity index is 1.89. The molecule has 0 aromatic carbocycles. The van der Waals surface area contributed by atoms with E-state index in [9.17, 15) is 9.59 Å². The minimum absolute atomic E-state index is 0.0891. The lowest BCUT2D eigenvalue weighted by Crippen LogP contribution is -2.41. The molecule has 1 aromatic heterocycles. The number of rotatable bonds is 4. The average molecular weight is 305 g/mol. The van der Waals surface area contributed by atoms with Gasteiger partial charge in [-0.05, 0) is 45.7 Å². The van der Waals surface area contributed by atoms with Crippen molar-refractivity contribution < 1.29 is 18.7 Å². The first kappa shape index (κ1) is 16.3. The number of hydrogen-bond donors (Lipinski definition) is 0. The van der Waals surface area contributed by atoms with E-state index in [1.807, 2.05) is 13.8 Å². The summed E-state index contributed by atoms with van der Waals surface area (Å²) in [6.07, 6.45) is 3.61. The number of esters is 1. The molecule has 0 N–H and O–H groups in total. The second-order valence-electron chi connectivity index (χ2n) is 5.74. The van der Waals surface area contributed by atoms with E-state index in [1.165, 1.54) is 0 Å². The Morgan fingerprint density at radius 2 is 2.23 bits per heavy atom. The van der Waals surface area contributed by atoms with Crippen LogP contribution in [0, 0.1) is 12.8 Å². The molecule has 2 heterocycles. The molecule has 5 nitrogen and oxygen atoms in total. The van der Waals surface area contributed by atoms with Gasteiger partial charge in [-0.25, -0.2) is 4.79 Å². The summed E-state index contributed by atoms with van der Waals surface area (Å²) in [5.41, 5.74) is 0.606. The van der Waals surface area contributed by atoms with Crippen molar-refractivity contribution >= 4 is 11.9 Å². The first-order chi connectivity index (χ1) is 10.5. The van der Waals surface area contributed by atoms with E-state index < -0.39 is 0 Å². The highest BCUT2D eigenvalue weighted by Crippen LogP contribution is 2.20. The molecule has 1 saturated heterocycles. The summed E-state index contributed by atoms with van der Waals surface area (Å²) in [7, 11) is 0. The quantitative estimate of drug-likeness (QED) is 0.634. The van der Waals surface area contributed by atoms with Crippen LogP contribution in [0.25, 0.3) is 0 Å². The molecule has 1 aliphatic heterocycles. The maximum atomic E-state index is 12.4. The number of nitrogens with zero attached hydrogens (tertiary/aromatic N) is 1. The van der Waals surface area contributed by atoms with Crippen LogP contribution in [0.3, 0.4) is 0 Å². The van der Waals surface area contributed by atoms with Gasteiger partial charge < -0.3 is 14.1 Å². The molecule has 120 valence electrons. The van der Waals surface area contributed by atoms with Gasteiger partial charge in [-0.3, -0.25) is 4.79 Å². The SMILES string of the molecule is C/C=C(/C)C(=O)OC[C@H]1CCCN(C(=O)c2ccc(C)o2)C1. The Morgan fingerprint density at radius 1 is 1.45 bits per heavy atom. The molecular weight excluding hydrogens is 282 g/mol. The maximum Gasteiger partial charge on any atom is 0.333 e. The van der Waals surface area contributed by atoms with Crippen molar-refractivity contribution in [1.29, 1.82) is 0 Å². The van der Waals surface area contributed by atoms with E-state index in [0.29, 0.717) is 24.5 Å². The van der Waals surface area contributed by atoms with Crippen LogP contribution in [0.5, 0.6) is 0 Å². The molecule has 5 heteroatoms. The van der Waals surface area contributed by atoms with Gasteiger partial charge in [-0.15, -0.1) is 0 Å². The van der Waals surface area contributed by atoms with Crippen molar-refractivity contribution in [2.75, 3.05) is 19.7 Å². The number of ether oxygens (including phenoxy) is 1. The zero-order valence-corrected chi connectivity index (χ0v) is 13.4. The van der Waals surface area contributed by atoms with E-state index in [1.54, 1.807) is 30.0 Å². The van der Waals surface area contributed by atoms with Crippen LogP contribution >= 0.6 is 0 Å². The maximum absolute atomic E-state index is 12.4. The van der Waals surface area contributed by atoms with Crippen molar-refractivity contribution in [2.45, 2.75) is 33.6 Å². The van der Waals surface area contributed by atoms with Gasteiger partial charge in [0.2, 0.25) is 0 Å². The Kier molecular flexibility index (Phi) is 5.41. The van der Waals surface area contributed by atoms with Gasteiger partial charge in [-0.2, -0.15) is 0 Å². The molecule has 0 unspecified atom stereocenters. The molecule has 1 fully saturated rings. The predicted octanol–water partition coefficient (Wildman–Crippen LogP) is 2.95. The molecule has 2 rings (SSSR count). The van der Waals surface area contributed by atoms with Crippen LogP contribution in [-0.4, -0.2) is 36.5 Å². The predicted molar refractivity (Wildman–Crippen MR) is 82.5 cm³/mol. The zero-order chi connectivity index (χ0) is 16.1. The summed E-state index contributed by atoms with van der Waals surface area (Å²) in [4.78, 5) is 25.8. The smallest absolute Gasteiger partial charge is 0.333 e. The number of aryl methyl sites for hydroxylation is 1. The molecule has 1 amide bonds. The van der Waals surface area contributed by atoms with Gasteiger partial charge in [0.15, 0.2) is 5.76 Å². The second kappa shape index (κ2) is 7.29. The first-order valence-corrected chi connectivity index (χ1v) is 7.67. The number of furan rings is 1. The van der Waals surface area contributed by atoms with Crippen LogP contribution in [-0.2, 0) is 9.53 Å². The summed E-state index contributed by atoms with van der Waals surface area (Å²) in [6, 6.07) is 3.49. The molecule has 0 bridgehead atoms. The number of piperidine rings is 1. The van der Waals surface area contributed by atoms with Crippen molar-refractivity contribution in [3.63, 3.8) is 0 Å². The highest BCUT2D eigenvalue weighted by Gasteiger charge is 2.27. The Morgan fingerprint density at radius 3 is 2.86 bits per heavy atom. The molecule has 0 aliphatic carbocycles. The highest BCUT2D eigenvalue weighted by atomic mass is 16.5. The third-order valence-corrected chi connectivity index (χ3v) is 3.96. The normalized spacial score (nSPS) is 19.1. The third kappa shape index (κ3) is 4.00. The molecule has 0 saturated carbocycles. The minimum Gasteiger partial charge on any atom is -0.462 e. The molecule has 1 aliphatic rings. The van der Waals surface area contributed by atoms with Crippen molar-refractivity contribution in [1.82, 2.24) is 4.90 Å². The molecule has 22 heavy (non-hydrogen) atoms. The van der Waals surface area contributed by atoms with Gasteiger partial charge in [0, 0.05) is 24.6 Å². The lowest BCUT2D eigenvalue weighted by atomic mass is 9.99. The molecule has 0 spiro atoms. The number of hydrogen-bond acceptors (Lipinski definition) is 4. The van der Waals surface area contributed by atoms with Crippen molar-refractivity contribution in [3.05, 3.63) is 35.3 Å².